The molecule has 4 nitrogen and oxygen atoms in total. The largest absolute Gasteiger partial charge is 0.313 e. The van der Waals surface area contributed by atoms with Crippen molar-refractivity contribution in [2.75, 3.05) is 13.1 Å². The van der Waals surface area contributed by atoms with Crippen molar-refractivity contribution in [3.8, 4) is 0 Å². The molecule has 64 valence electrons. The van der Waals surface area contributed by atoms with E-state index in [1.165, 1.54) is 0 Å². The molecule has 1 aromatic heterocycles. The van der Waals surface area contributed by atoms with Crippen molar-refractivity contribution in [2.24, 2.45) is 0 Å². The number of nitrogens with zero attached hydrogens (tertiary/aromatic N) is 2. The first-order chi connectivity index (χ1) is 5.77. The first-order valence-corrected chi connectivity index (χ1v) is 4.03. The third kappa shape index (κ3) is 1.14. The predicted octanol–water partition coefficient (Wildman–Crippen LogP) is -0.304. The molecule has 0 spiro atoms. The van der Waals surface area contributed by atoms with Crippen LogP contribution in [0.2, 0.25) is 0 Å². The van der Waals surface area contributed by atoms with Gasteiger partial charge in [-0.15, -0.1) is 0 Å². The minimum atomic E-state index is 0.0500. The normalized spacial score (nSPS) is 17.4. The summed E-state index contributed by atoms with van der Waals surface area (Å²) in [5.41, 5.74) is 0.831. The number of aryl methyl sites for hydroxylation is 1. The highest BCUT2D eigenvalue weighted by molar-refractivity contribution is 4.98. The van der Waals surface area contributed by atoms with Crippen LogP contribution in [0, 0.1) is 6.92 Å². The van der Waals surface area contributed by atoms with E-state index in [9.17, 15) is 4.79 Å². The molecule has 0 unspecified atom stereocenters. The van der Waals surface area contributed by atoms with Gasteiger partial charge in [-0.25, -0.2) is 4.98 Å². The summed E-state index contributed by atoms with van der Waals surface area (Å²) in [7, 11) is 0. The molecule has 0 saturated carbocycles. The molecule has 0 radical (unpaired) electrons. The zero-order chi connectivity index (χ0) is 8.55. The van der Waals surface area contributed by atoms with Crippen LogP contribution in [0.15, 0.2) is 17.2 Å². The van der Waals surface area contributed by atoms with Gasteiger partial charge in [0, 0.05) is 24.8 Å². The van der Waals surface area contributed by atoms with Gasteiger partial charge in [0.2, 0.25) is 0 Å². The van der Waals surface area contributed by atoms with Crippen LogP contribution in [-0.2, 0) is 0 Å². The fraction of sp³-hybridized carbons (Fsp3) is 0.500. The monoisotopic (exact) mass is 165 g/mol. The minimum Gasteiger partial charge on any atom is -0.313 e. The summed E-state index contributed by atoms with van der Waals surface area (Å²) in [6.07, 6.45) is 1.63. The Kier molecular flexibility index (Phi) is 1.69. The Morgan fingerprint density at radius 1 is 1.67 bits per heavy atom. The maximum absolute atomic E-state index is 11.4. The first-order valence-electron chi connectivity index (χ1n) is 4.03. The van der Waals surface area contributed by atoms with E-state index >= 15 is 0 Å². The number of rotatable bonds is 1. The quantitative estimate of drug-likeness (QED) is 0.621. The molecule has 2 rings (SSSR count). The average Bonchev–Trinajstić information content (AvgIpc) is 1.91. The summed E-state index contributed by atoms with van der Waals surface area (Å²) >= 11 is 0. The Morgan fingerprint density at radius 3 is 2.92 bits per heavy atom. The standard InChI is InChI=1S/C8H11N3O/c1-6-2-8(12)11(5-10-6)7-3-9-4-7/h2,5,7,9H,3-4H2,1H3. The zero-order valence-electron chi connectivity index (χ0n) is 6.95. The first kappa shape index (κ1) is 7.49. The maximum atomic E-state index is 11.4. The Balaban J connectivity index is 2.37. The fourth-order valence-corrected chi connectivity index (χ4v) is 1.25. The van der Waals surface area contributed by atoms with Gasteiger partial charge in [-0.2, -0.15) is 0 Å². The van der Waals surface area contributed by atoms with Crippen LogP contribution in [0.25, 0.3) is 0 Å². The van der Waals surface area contributed by atoms with E-state index in [1.54, 1.807) is 17.0 Å². The van der Waals surface area contributed by atoms with E-state index in [-0.39, 0.29) is 5.56 Å². The van der Waals surface area contributed by atoms with Crippen LogP contribution >= 0.6 is 0 Å². The molecule has 0 aromatic carbocycles. The SMILES string of the molecule is Cc1cc(=O)n(C2CNC2)cn1. The van der Waals surface area contributed by atoms with E-state index in [1.807, 2.05) is 6.92 Å². The number of hydrogen-bond donors (Lipinski definition) is 1. The highest BCUT2D eigenvalue weighted by Gasteiger charge is 2.19. The second kappa shape index (κ2) is 2.71. The van der Waals surface area contributed by atoms with Crippen molar-refractivity contribution >= 4 is 0 Å². The van der Waals surface area contributed by atoms with E-state index in [4.69, 9.17) is 0 Å². The lowest BCUT2D eigenvalue weighted by molar-refractivity contribution is 0.332. The third-order valence-electron chi connectivity index (χ3n) is 2.13. The lowest BCUT2D eigenvalue weighted by Crippen LogP contribution is -2.46. The third-order valence-corrected chi connectivity index (χ3v) is 2.13. The molecule has 1 aliphatic heterocycles. The van der Waals surface area contributed by atoms with Crippen LogP contribution in [-0.4, -0.2) is 22.6 Å². The smallest absolute Gasteiger partial charge is 0.253 e. The van der Waals surface area contributed by atoms with Gasteiger partial charge < -0.3 is 5.32 Å². The fourth-order valence-electron chi connectivity index (χ4n) is 1.25. The summed E-state index contributed by atoms with van der Waals surface area (Å²) < 4.78 is 1.68. The van der Waals surface area contributed by atoms with Crippen LogP contribution in [0.3, 0.4) is 0 Å². The van der Waals surface area contributed by atoms with Gasteiger partial charge >= 0.3 is 0 Å². The summed E-state index contributed by atoms with van der Waals surface area (Å²) in [4.78, 5) is 15.4. The molecule has 1 N–H and O–H groups in total. The van der Waals surface area contributed by atoms with Crippen LogP contribution in [0.5, 0.6) is 0 Å². The van der Waals surface area contributed by atoms with Gasteiger partial charge in [0.1, 0.15) is 0 Å². The van der Waals surface area contributed by atoms with E-state index in [2.05, 4.69) is 10.3 Å². The topological polar surface area (TPSA) is 46.9 Å². The molecule has 0 amide bonds. The van der Waals surface area contributed by atoms with Gasteiger partial charge in [-0.05, 0) is 6.92 Å². The van der Waals surface area contributed by atoms with Crippen LogP contribution in [0.1, 0.15) is 11.7 Å². The van der Waals surface area contributed by atoms with Crippen molar-refractivity contribution in [3.63, 3.8) is 0 Å². The summed E-state index contributed by atoms with van der Waals surface area (Å²) in [6, 6.07) is 1.88. The molecule has 1 saturated heterocycles. The second-order valence-corrected chi connectivity index (χ2v) is 3.09. The molecule has 12 heavy (non-hydrogen) atoms. The van der Waals surface area contributed by atoms with Crippen molar-refractivity contribution in [1.82, 2.24) is 14.9 Å². The van der Waals surface area contributed by atoms with Crippen molar-refractivity contribution in [2.45, 2.75) is 13.0 Å². The van der Waals surface area contributed by atoms with Gasteiger partial charge in [-0.1, -0.05) is 0 Å². The van der Waals surface area contributed by atoms with Crippen LogP contribution in [0.4, 0.5) is 0 Å². The molecule has 1 fully saturated rings. The van der Waals surface area contributed by atoms with Gasteiger partial charge in [0.15, 0.2) is 0 Å². The Morgan fingerprint density at radius 2 is 2.42 bits per heavy atom. The van der Waals surface area contributed by atoms with Crippen molar-refractivity contribution in [3.05, 3.63) is 28.4 Å². The molecule has 4 heteroatoms. The van der Waals surface area contributed by atoms with Crippen molar-refractivity contribution in [1.29, 1.82) is 0 Å². The molecule has 1 aliphatic rings. The van der Waals surface area contributed by atoms with E-state index in [0.29, 0.717) is 6.04 Å². The van der Waals surface area contributed by atoms with E-state index < -0.39 is 0 Å². The highest BCUT2D eigenvalue weighted by atomic mass is 16.1. The minimum absolute atomic E-state index is 0.0500. The Labute approximate surface area is 70.2 Å². The highest BCUT2D eigenvalue weighted by Crippen LogP contribution is 2.06. The summed E-state index contributed by atoms with van der Waals surface area (Å²) in [5.74, 6) is 0. The molecule has 2 heterocycles. The van der Waals surface area contributed by atoms with Gasteiger partial charge in [0.05, 0.1) is 12.4 Å². The Bertz CT molecular complexity index is 340. The van der Waals surface area contributed by atoms with Gasteiger partial charge in [0.25, 0.3) is 5.56 Å². The zero-order valence-corrected chi connectivity index (χ0v) is 6.95. The molecule has 0 atom stereocenters. The lowest BCUT2D eigenvalue weighted by atomic mass is 10.2. The summed E-state index contributed by atoms with van der Waals surface area (Å²) in [6.45, 7) is 3.58. The van der Waals surface area contributed by atoms with Crippen molar-refractivity contribution < 1.29 is 0 Å². The predicted molar refractivity (Wildman–Crippen MR) is 45.1 cm³/mol. The number of nitrogens with one attached hydrogen (secondary N) is 1. The summed E-state index contributed by atoms with van der Waals surface area (Å²) in [5, 5.41) is 3.11. The number of aromatic nitrogens is 2. The molecular weight excluding hydrogens is 154 g/mol. The maximum Gasteiger partial charge on any atom is 0.253 e. The second-order valence-electron chi connectivity index (χ2n) is 3.09. The molecule has 0 aliphatic carbocycles. The molecule has 0 bridgehead atoms. The van der Waals surface area contributed by atoms with Crippen LogP contribution < -0.4 is 10.9 Å². The lowest BCUT2D eigenvalue weighted by Gasteiger charge is -2.28. The Hall–Kier alpha value is -1.16. The number of hydrogen-bond acceptors (Lipinski definition) is 3. The molecule has 1 aromatic rings. The van der Waals surface area contributed by atoms with Gasteiger partial charge in [-0.3, -0.25) is 9.36 Å². The average molecular weight is 165 g/mol. The van der Waals surface area contributed by atoms with E-state index in [0.717, 1.165) is 18.8 Å². The molecular formula is C8H11N3O.